The van der Waals surface area contributed by atoms with Crippen LogP contribution in [0.1, 0.15) is 16.9 Å². The van der Waals surface area contributed by atoms with Crippen LogP contribution >= 0.6 is 15.9 Å². The molecular formula is C13H13BrN2O2. The molecule has 1 fully saturated rings. The van der Waals surface area contributed by atoms with Crippen molar-refractivity contribution in [3.05, 3.63) is 34.4 Å². The van der Waals surface area contributed by atoms with Gasteiger partial charge >= 0.3 is 0 Å². The van der Waals surface area contributed by atoms with E-state index in [0.717, 1.165) is 15.4 Å². The van der Waals surface area contributed by atoms with Crippen molar-refractivity contribution in [2.45, 2.75) is 12.5 Å². The summed E-state index contributed by atoms with van der Waals surface area (Å²) in [6, 6.07) is 7.70. The Kier molecular flexibility index (Phi) is 2.87. The number of aromatic nitrogens is 1. The van der Waals surface area contributed by atoms with Crippen molar-refractivity contribution in [1.29, 1.82) is 0 Å². The second kappa shape index (κ2) is 4.40. The van der Waals surface area contributed by atoms with Gasteiger partial charge in [-0.3, -0.25) is 4.79 Å². The average Bonchev–Trinajstić information content (AvgIpc) is 2.93. The molecule has 2 aromatic rings. The van der Waals surface area contributed by atoms with Gasteiger partial charge < -0.3 is 15.0 Å². The highest BCUT2D eigenvalue weighted by atomic mass is 79.9. The van der Waals surface area contributed by atoms with Gasteiger partial charge in [0.05, 0.1) is 6.10 Å². The number of β-amino-alcohol motifs (C(OH)–C–C–N with tert-alkyl or cyclic N) is 1. The molecule has 1 atom stereocenters. The maximum atomic E-state index is 12.2. The van der Waals surface area contributed by atoms with Crippen LogP contribution in [-0.2, 0) is 0 Å². The highest BCUT2D eigenvalue weighted by Crippen LogP contribution is 2.22. The number of halogens is 1. The van der Waals surface area contributed by atoms with Crippen LogP contribution in [0.25, 0.3) is 10.9 Å². The standard InChI is InChI=1S/C13H13BrN2O2/c14-9-1-2-11-8(5-9)6-12(15-11)13(18)16-4-3-10(17)7-16/h1-2,5-6,10,15,17H,3-4,7H2/t10-/m0/s1. The highest BCUT2D eigenvalue weighted by Gasteiger charge is 2.26. The second-order valence-electron chi connectivity index (χ2n) is 4.61. The van der Waals surface area contributed by atoms with E-state index in [1.807, 2.05) is 24.3 Å². The molecule has 0 radical (unpaired) electrons. The van der Waals surface area contributed by atoms with E-state index in [4.69, 9.17) is 0 Å². The molecule has 2 N–H and O–H groups in total. The molecule has 1 amide bonds. The van der Waals surface area contributed by atoms with E-state index in [2.05, 4.69) is 20.9 Å². The lowest BCUT2D eigenvalue weighted by Gasteiger charge is -2.13. The Labute approximate surface area is 113 Å². The van der Waals surface area contributed by atoms with Crippen molar-refractivity contribution in [3.63, 3.8) is 0 Å². The summed E-state index contributed by atoms with van der Waals surface area (Å²) in [4.78, 5) is 17.0. The molecule has 0 saturated carbocycles. The lowest BCUT2D eigenvalue weighted by molar-refractivity contribution is 0.0760. The normalized spacial score (nSPS) is 19.7. The summed E-state index contributed by atoms with van der Waals surface area (Å²) in [5, 5.41) is 10.5. The molecule has 1 aromatic heterocycles. The summed E-state index contributed by atoms with van der Waals surface area (Å²) in [6.07, 6.45) is 0.282. The molecule has 4 nitrogen and oxygen atoms in total. The number of carbonyl (C=O) groups is 1. The Morgan fingerprint density at radius 3 is 3.00 bits per heavy atom. The number of aliphatic hydroxyl groups is 1. The molecule has 0 aliphatic carbocycles. The van der Waals surface area contributed by atoms with Crippen molar-refractivity contribution >= 4 is 32.7 Å². The summed E-state index contributed by atoms with van der Waals surface area (Å²) in [5.74, 6) is -0.0427. The number of rotatable bonds is 1. The number of fused-ring (bicyclic) bond motifs is 1. The maximum Gasteiger partial charge on any atom is 0.270 e. The predicted octanol–water partition coefficient (Wildman–Crippen LogP) is 2.14. The van der Waals surface area contributed by atoms with Gasteiger partial charge in [-0.15, -0.1) is 0 Å². The average molecular weight is 309 g/mol. The zero-order valence-electron chi connectivity index (χ0n) is 9.69. The number of H-pyrrole nitrogens is 1. The minimum absolute atomic E-state index is 0.0427. The third-order valence-corrected chi connectivity index (χ3v) is 3.76. The fraction of sp³-hybridized carbons (Fsp3) is 0.308. The molecule has 3 rings (SSSR count). The topological polar surface area (TPSA) is 56.3 Å². The van der Waals surface area contributed by atoms with Crippen LogP contribution in [0.2, 0.25) is 0 Å². The monoisotopic (exact) mass is 308 g/mol. The SMILES string of the molecule is O=C(c1cc2cc(Br)ccc2[nH]1)N1CC[C@H](O)C1. The first kappa shape index (κ1) is 11.7. The van der Waals surface area contributed by atoms with Crippen LogP contribution in [0, 0.1) is 0 Å². The van der Waals surface area contributed by atoms with E-state index in [9.17, 15) is 9.90 Å². The molecular weight excluding hydrogens is 296 g/mol. The molecule has 0 bridgehead atoms. The van der Waals surface area contributed by atoms with Gasteiger partial charge in [-0.2, -0.15) is 0 Å². The van der Waals surface area contributed by atoms with Crippen molar-refractivity contribution < 1.29 is 9.90 Å². The fourth-order valence-corrected chi connectivity index (χ4v) is 2.69. The summed E-state index contributed by atoms with van der Waals surface area (Å²) in [5.41, 5.74) is 1.53. The number of aromatic amines is 1. The summed E-state index contributed by atoms with van der Waals surface area (Å²) < 4.78 is 0.990. The molecule has 2 heterocycles. The number of hydrogen-bond donors (Lipinski definition) is 2. The van der Waals surface area contributed by atoms with Gasteiger partial charge in [-0.25, -0.2) is 0 Å². The van der Waals surface area contributed by atoms with Gasteiger partial charge in [0.25, 0.3) is 5.91 Å². The van der Waals surface area contributed by atoms with E-state index < -0.39 is 0 Å². The number of benzene rings is 1. The largest absolute Gasteiger partial charge is 0.391 e. The van der Waals surface area contributed by atoms with E-state index in [1.54, 1.807) is 4.90 Å². The van der Waals surface area contributed by atoms with Crippen LogP contribution in [0.15, 0.2) is 28.7 Å². The number of likely N-dealkylation sites (tertiary alicyclic amines) is 1. The lowest BCUT2D eigenvalue weighted by atomic mass is 10.2. The third-order valence-electron chi connectivity index (χ3n) is 3.26. The van der Waals surface area contributed by atoms with Gasteiger partial charge in [0.1, 0.15) is 5.69 Å². The lowest BCUT2D eigenvalue weighted by Crippen LogP contribution is -2.29. The molecule has 1 aliphatic rings. The molecule has 0 unspecified atom stereocenters. The van der Waals surface area contributed by atoms with Crippen molar-refractivity contribution in [3.8, 4) is 0 Å². The van der Waals surface area contributed by atoms with Gasteiger partial charge in [0, 0.05) is 28.5 Å². The number of nitrogens with one attached hydrogen (secondary N) is 1. The molecule has 5 heteroatoms. The van der Waals surface area contributed by atoms with Crippen molar-refractivity contribution in [1.82, 2.24) is 9.88 Å². The van der Waals surface area contributed by atoms with Crippen molar-refractivity contribution in [2.75, 3.05) is 13.1 Å². The molecule has 0 spiro atoms. The Hall–Kier alpha value is -1.33. The van der Waals surface area contributed by atoms with E-state index in [1.165, 1.54) is 0 Å². The first-order valence-electron chi connectivity index (χ1n) is 5.89. The molecule has 1 saturated heterocycles. The van der Waals surface area contributed by atoms with E-state index >= 15 is 0 Å². The predicted molar refractivity (Wildman–Crippen MR) is 72.5 cm³/mol. The Balaban J connectivity index is 1.92. The molecule has 94 valence electrons. The second-order valence-corrected chi connectivity index (χ2v) is 5.52. The van der Waals surface area contributed by atoms with Crippen LogP contribution in [-0.4, -0.2) is 40.1 Å². The van der Waals surface area contributed by atoms with Gasteiger partial charge in [0.2, 0.25) is 0 Å². The third kappa shape index (κ3) is 2.04. The Morgan fingerprint density at radius 1 is 1.44 bits per heavy atom. The maximum absolute atomic E-state index is 12.2. The molecule has 1 aliphatic heterocycles. The number of carbonyl (C=O) groups excluding carboxylic acids is 1. The van der Waals surface area contributed by atoms with Crippen LogP contribution in [0.4, 0.5) is 0 Å². The number of hydrogen-bond acceptors (Lipinski definition) is 2. The number of nitrogens with zero attached hydrogens (tertiary/aromatic N) is 1. The zero-order chi connectivity index (χ0) is 12.7. The molecule has 1 aromatic carbocycles. The highest BCUT2D eigenvalue weighted by molar-refractivity contribution is 9.10. The zero-order valence-corrected chi connectivity index (χ0v) is 11.3. The summed E-state index contributed by atoms with van der Waals surface area (Å²) in [6.45, 7) is 1.05. The molecule has 18 heavy (non-hydrogen) atoms. The Morgan fingerprint density at radius 2 is 2.28 bits per heavy atom. The van der Waals surface area contributed by atoms with E-state index in [0.29, 0.717) is 25.2 Å². The Bertz CT molecular complexity index is 608. The number of aliphatic hydroxyl groups excluding tert-OH is 1. The first-order valence-corrected chi connectivity index (χ1v) is 6.68. The van der Waals surface area contributed by atoms with Gasteiger partial charge in [-0.1, -0.05) is 15.9 Å². The minimum atomic E-state index is -0.382. The summed E-state index contributed by atoms with van der Waals surface area (Å²) >= 11 is 3.41. The quantitative estimate of drug-likeness (QED) is 0.848. The minimum Gasteiger partial charge on any atom is -0.391 e. The van der Waals surface area contributed by atoms with Crippen LogP contribution < -0.4 is 0 Å². The van der Waals surface area contributed by atoms with E-state index in [-0.39, 0.29) is 12.0 Å². The summed E-state index contributed by atoms with van der Waals surface area (Å²) in [7, 11) is 0. The first-order chi connectivity index (χ1) is 8.63. The van der Waals surface area contributed by atoms with Crippen LogP contribution in [0.3, 0.4) is 0 Å². The van der Waals surface area contributed by atoms with Crippen LogP contribution in [0.5, 0.6) is 0 Å². The fourth-order valence-electron chi connectivity index (χ4n) is 2.32. The van der Waals surface area contributed by atoms with Gasteiger partial charge in [-0.05, 0) is 30.7 Å². The van der Waals surface area contributed by atoms with Crippen molar-refractivity contribution in [2.24, 2.45) is 0 Å². The smallest absolute Gasteiger partial charge is 0.270 e. The van der Waals surface area contributed by atoms with Gasteiger partial charge in [0.15, 0.2) is 0 Å². The number of amides is 1.